The molecule has 0 aromatic carbocycles. The van der Waals surface area contributed by atoms with E-state index in [9.17, 15) is 4.79 Å². The van der Waals surface area contributed by atoms with Crippen LogP contribution in [-0.4, -0.2) is 15.0 Å². The zero-order valence-corrected chi connectivity index (χ0v) is 4.46. The van der Waals surface area contributed by atoms with Crippen LogP contribution in [0.1, 0.15) is 0 Å². The summed E-state index contributed by atoms with van der Waals surface area (Å²) in [6.45, 7) is 0. The minimum absolute atomic E-state index is 0.167. The first kappa shape index (κ1) is 5.54. The minimum atomic E-state index is -0.685. The number of nitrogens with zero attached hydrogens (tertiary/aromatic N) is 1. The molecule has 0 aliphatic carbocycles. The first-order valence-corrected chi connectivity index (χ1v) is 2.17. The first-order valence-electron chi connectivity index (χ1n) is 2.17. The molecule has 0 fully saturated rings. The molecule has 6 heteroatoms. The maximum absolute atomic E-state index is 10.4. The molecule has 0 spiro atoms. The Balaban J connectivity index is 3.47. The molecular formula is C3H6N4O2. The lowest BCUT2D eigenvalue weighted by Crippen LogP contribution is -2.15. The molecule has 1 aromatic heterocycles. The molecule has 0 saturated heterocycles. The van der Waals surface area contributed by atoms with Gasteiger partial charge < -0.3 is 16.7 Å². The normalized spacial score (nSPS) is 9.78. The average molecular weight is 130 g/mol. The van der Waals surface area contributed by atoms with Crippen molar-refractivity contribution in [3.8, 4) is 5.75 Å². The molecule has 0 radical (unpaired) electrons. The van der Waals surface area contributed by atoms with Crippen molar-refractivity contribution in [2.75, 3.05) is 11.6 Å². The lowest BCUT2D eigenvalue weighted by atomic mass is 10.6. The Morgan fingerprint density at radius 1 is 1.67 bits per heavy atom. The molecule has 6 N–H and O–H groups in total. The van der Waals surface area contributed by atoms with Gasteiger partial charge in [-0.2, -0.15) is 4.79 Å². The molecule has 1 heterocycles. The third-order valence-electron chi connectivity index (χ3n) is 0.939. The molecule has 1 rings (SSSR count). The summed E-state index contributed by atoms with van der Waals surface area (Å²) >= 11 is 0. The van der Waals surface area contributed by atoms with Gasteiger partial charge in [0.1, 0.15) is 0 Å². The van der Waals surface area contributed by atoms with Crippen LogP contribution in [0, 0.1) is 0 Å². The van der Waals surface area contributed by atoms with Crippen LogP contribution in [0.3, 0.4) is 0 Å². The van der Waals surface area contributed by atoms with Crippen LogP contribution in [0.4, 0.5) is 5.82 Å². The summed E-state index contributed by atoms with van der Waals surface area (Å²) in [5.41, 5.74) is 4.37. The highest BCUT2D eigenvalue weighted by Crippen LogP contribution is 2.08. The lowest BCUT2D eigenvalue weighted by molar-refractivity contribution is 0.473. The standard InChI is InChI=1S/C3H6N4O2/c4-2-1(8)3(9)6-7(2)5/h8H,4-5H2,(H,6,9). The zero-order valence-electron chi connectivity index (χ0n) is 4.46. The van der Waals surface area contributed by atoms with Crippen LogP contribution in [0.25, 0.3) is 0 Å². The van der Waals surface area contributed by atoms with Gasteiger partial charge in [-0.05, 0) is 0 Å². The number of nitrogen functional groups attached to an aromatic ring is 2. The maximum atomic E-state index is 10.4. The maximum Gasteiger partial charge on any atom is 0.310 e. The van der Waals surface area contributed by atoms with Gasteiger partial charge in [0, 0.05) is 0 Å². The van der Waals surface area contributed by atoms with Crippen molar-refractivity contribution >= 4 is 5.82 Å². The van der Waals surface area contributed by atoms with Gasteiger partial charge in [-0.3, -0.25) is 4.79 Å². The second-order valence-electron chi connectivity index (χ2n) is 1.54. The van der Waals surface area contributed by atoms with E-state index >= 15 is 0 Å². The van der Waals surface area contributed by atoms with Crippen LogP contribution >= 0.6 is 0 Å². The molecule has 50 valence electrons. The zero-order chi connectivity index (χ0) is 7.02. The van der Waals surface area contributed by atoms with Gasteiger partial charge in [0.25, 0.3) is 0 Å². The molecule has 0 atom stereocenters. The van der Waals surface area contributed by atoms with Crippen molar-refractivity contribution < 1.29 is 5.11 Å². The largest absolute Gasteiger partial charge is 0.500 e. The summed E-state index contributed by atoms with van der Waals surface area (Å²) in [4.78, 5) is 11.1. The van der Waals surface area contributed by atoms with Gasteiger partial charge in [0.05, 0.1) is 0 Å². The van der Waals surface area contributed by atoms with Crippen LogP contribution in [-0.2, 0) is 0 Å². The van der Waals surface area contributed by atoms with Gasteiger partial charge >= 0.3 is 5.56 Å². The number of nitrogens with two attached hydrogens (primary N) is 2. The predicted molar refractivity (Wildman–Crippen MR) is 31.3 cm³/mol. The monoisotopic (exact) mass is 130 g/mol. The second kappa shape index (κ2) is 1.44. The molecule has 0 aliphatic rings. The van der Waals surface area contributed by atoms with Crippen molar-refractivity contribution in [1.29, 1.82) is 0 Å². The summed E-state index contributed by atoms with van der Waals surface area (Å²) in [7, 11) is 0. The molecule has 0 bridgehead atoms. The Bertz CT molecular complexity index is 272. The lowest BCUT2D eigenvalue weighted by Gasteiger charge is -1.90. The van der Waals surface area contributed by atoms with Crippen LogP contribution in [0.2, 0.25) is 0 Å². The summed E-state index contributed by atoms with van der Waals surface area (Å²) < 4.78 is 0. The van der Waals surface area contributed by atoms with Crippen LogP contribution in [0.15, 0.2) is 4.79 Å². The molecule has 9 heavy (non-hydrogen) atoms. The van der Waals surface area contributed by atoms with E-state index in [1.54, 1.807) is 0 Å². The summed E-state index contributed by atoms with van der Waals surface area (Å²) in [6, 6.07) is 0. The van der Waals surface area contributed by atoms with Gasteiger partial charge in [0.2, 0.25) is 5.75 Å². The summed E-state index contributed by atoms with van der Waals surface area (Å²) in [5, 5.41) is 10.7. The second-order valence-corrected chi connectivity index (χ2v) is 1.54. The van der Waals surface area contributed by atoms with Gasteiger partial charge in [0.15, 0.2) is 5.82 Å². The highest BCUT2D eigenvalue weighted by atomic mass is 16.3. The Kier molecular flexibility index (Phi) is 0.888. The Hall–Kier alpha value is -1.59. The van der Waals surface area contributed by atoms with E-state index in [2.05, 4.69) is 0 Å². The average Bonchev–Trinajstić information content (AvgIpc) is 1.98. The van der Waals surface area contributed by atoms with E-state index in [0.29, 0.717) is 0 Å². The third kappa shape index (κ3) is 0.600. The van der Waals surface area contributed by atoms with Gasteiger partial charge in [-0.15, -0.1) is 0 Å². The third-order valence-corrected chi connectivity index (χ3v) is 0.939. The fraction of sp³-hybridized carbons (Fsp3) is 0. The molecule has 0 unspecified atom stereocenters. The predicted octanol–water partition coefficient (Wildman–Crippen LogP) is -1.82. The van der Waals surface area contributed by atoms with E-state index in [4.69, 9.17) is 16.7 Å². The number of hydrogen-bond acceptors (Lipinski definition) is 4. The highest BCUT2D eigenvalue weighted by Gasteiger charge is 2.05. The summed E-state index contributed by atoms with van der Waals surface area (Å²) in [5.74, 6) is 4.31. The van der Waals surface area contributed by atoms with Crippen molar-refractivity contribution in [3.63, 3.8) is 0 Å². The van der Waals surface area contributed by atoms with E-state index in [1.165, 1.54) is 0 Å². The first-order chi connectivity index (χ1) is 4.13. The molecule has 6 nitrogen and oxygen atoms in total. The number of nitrogens with one attached hydrogen (secondary N) is 1. The number of rotatable bonds is 0. The van der Waals surface area contributed by atoms with Crippen molar-refractivity contribution in [3.05, 3.63) is 10.4 Å². The SMILES string of the molecule is Nc1c(O)c(=O)[nH]n1N. The fourth-order valence-electron chi connectivity index (χ4n) is 0.453. The quantitative estimate of drug-likeness (QED) is 0.310. The van der Waals surface area contributed by atoms with Crippen molar-refractivity contribution in [2.45, 2.75) is 0 Å². The Labute approximate surface area is 49.6 Å². The van der Waals surface area contributed by atoms with Crippen LogP contribution < -0.4 is 17.1 Å². The van der Waals surface area contributed by atoms with E-state index in [0.717, 1.165) is 4.79 Å². The van der Waals surface area contributed by atoms with Crippen LogP contribution in [0.5, 0.6) is 5.75 Å². The number of anilines is 1. The Morgan fingerprint density at radius 3 is 2.33 bits per heavy atom. The molecule has 0 saturated carbocycles. The number of aromatic amines is 1. The van der Waals surface area contributed by atoms with E-state index < -0.39 is 11.3 Å². The number of aromatic nitrogens is 2. The van der Waals surface area contributed by atoms with Gasteiger partial charge in [-0.25, -0.2) is 5.10 Å². The van der Waals surface area contributed by atoms with E-state index in [1.807, 2.05) is 5.10 Å². The van der Waals surface area contributed by atoms with Crippen molar-refractivity contribution in [1.82, 2.24) is 9.89 Å². The number of hydrogen-bond donors (Lipinski definition) is 4. The number of aromatic hydroxyl groups is 1. The highest BCUT2D eigenvalue weighted by molar-refractivity contribution is 5.43. The minimum Gasteiger partial charge on any atom is -0.500 e. The smallest absolute Gasteiger partial charge is 0.310 e. The van der Waals surface area contributed by atoms with Crippen molar-refractivity contribution in [2.24, 2.45) is 0 Å². The molecule has 0 amide bonds. The fourth-order valence-corrected chi connectivity index (χ4v) is 0.453. The molecular weight excluding hydrogens is 124 g/mol. The molecule has 0 aliphatic heterocycles. The number of H-pyrrole nitrogens is 1. The topological polar surface area (TPSA) is 110 Å². The van der Waals surface area contributed by atoms with E-state index in [-0.39, 0.29) is 5.82 Å². The molecule has 1 aromatic rings. The summed E-state index contributed by atoms with van der Waals surface area (Å²) in [6.07, 6.45) is 0. The van der Waals surface area contributed by atoms with Gasteiger partial charge in [-0.1, -0.05) is 0 Å². The Morgan fingerprint density at radius 2 is 2.22 bits per heavy atom.